The molecule has 394 valence electrons. The maximum absolute atomic E-state index is 14.6. The largest absolute Gasteiger partial charge is 0.508 e. The number of primary amides is 2. The number of amides is 10. The van der Waals surface area contributed by atoms with Crippen molar-refractivity contribution >= 4 is 86.6 Å². The highest BCUT2D eigenvalue weighted by Gasteiger charge is 2.41. The Balaban J connectivity index is 2.08. The number of unbranched alkanes of at least 4 members (excludes halogenated alkanes) is 1. The number of carbonyl (C=O) groups excluding carboxylic acids is 10. The first-order valence-corrected chi connectivity index (χ1v) is 25.7. The van der Waals surface area contributed by atoms with Gasteiger partial charge in [-0.05, 0) is 82.5 Å². The zero-order valence-electron chi connectivity index (χ0n) is 40.4. The molecule has 71 heavy (non-hydrogen) atoms. The van der Waals surface area contributed by atoms with Gasteiger partial charge in [0.05, 0.1) is 13.0 Å². The van der Waals surface area contributed by atoms with Crippen LogP contribution in [-0.4, -0.2) is 153 Å². The number of aromatic hydroxyl groups is 1. The predicted molar refractivity (Wildman–Crippen MR) is 262 cm³/mol. The molecule has 15 N–H and O–H groups in total. The highest BCUT2D eigenvalue weighted by Crippen LogP contribution is 2.39. The van der Waals surface area contributed by atoms with Crippen molar-refractivity contribution in [1.82, 2.24) is 42.1 Å². The molecule has 1 aromatic carbocycles. The van der Waals surface area contributed by atoms with Gasteiger partial charge < -0.3 is 69.5 Å². The molecular formula is C45H69N11O13S2. The third-order valence-corrected chi connectivity index (χ3v) is 15.0. The summed E-state index contributed by atoms with van der Waals surface area (Å²) < 4.78 is -0.913. The molecule has 26 heteroatoms. The van der Waals surface area contributed by atoms with Crippen LogP contribution in [0.2, 0.25) is 0 Å². The fourth-order valence-corrected chi connectivity index (χ4v) is 10.4. The molecule has 3 rings (SSSR count). The number of likely N-dealkylation sites (tertiary alicyclic amines) is 1. The normalized spacial score (nSPS) is 23.6. The van der Waals surface area contributed by atoms with E-state index in [0.717, 1.165) is 21.6 Å². The summed E-state index contributed by atoms with van der Waals surface area (Å²) in [5, 5.41) is 37.4. The number of carbonyl (C=O) groups is 11. The minimum absolute atomic E-state index is 0.0385. The van der Waals surface area contributed by atoms with Crippen LogP contribution in [0.5, 0.6) is 5.75 Å². The van der Waals surface area contributed by atoms with E-state index < -0.39 is 144 Å². The van der Waals surface area contributed by atoms with E-state index in [1.54, 1.807) is 39.8 Å². The fourth-order valence-electron chi connectivity index (χ4n) is 7.71. The van der Waals surface area contributed by atoms with Gasteiger partial charge in [-0.1, -0.05) is 54.0 Å². The van der Waals surface area contributed by atoms with Crippen LogP contribution >= 0.6 is 21.6 Å². The van der Waals surface area contributed by atoms with E-state index in [1.807, 2.05) is 0 Å². The summed E-state index contributed by atoms with van der Waals surface area (Å²) in [5.74, 6) is -10.6. The third-order valence-electron chi connectivity index (χ3n) is 11.7. The quantitative estimate of drug-likeness (QED) is 0.0522. The van der Waals surface area contributed by atoms with Gasteiger partial charge in [0.25, 0.3) is 0 Å². The molecule has 2 aliphatic heterocycles. The number of rotatable bonds is 19. The average Bonchev–Trinajstić information content (AvgIpc) is 3.80. The van der Waals surface area contributed by atoms with Crippen molar-refractivity contribution in [3.05, 3.63) is 29.8 Å². The van der Waals surface area contributed by atoms with Gasteiger partial charge in [0, 0.05) is 36.3 Å². The van der Waals surface area contributed by atoms with Crippen LogP contribution in [0.3, 0.4) is 0 Å². The first-order chi connectivity index (χ1) is 33.4. The summed E-state index contributed by atoms with van der Waals surface area (Å²) in [6, 6.07) is -3.84. The number of benzene rings is 1. The number of nitrogens with two attached hydrogens (primary N) is 3. The van der Waals surface area contributed by atoms with Crippen LogP contribution in [-0.2, 0) is 59.2 Å². The molecule has 0 radical (unpaired) electrons. The highest BCUT2D eigenvalue weighted by molar-refractivity contribution is 8.77. The number of aliphatic carboxylic acids is 1. The maximum Gasteiger partial charge on any atom is 0.303 e. The van der Waals surface area contributed by atoms with Crippen molar-refractivity contribution < 1.29 is 63.0 Å². The lowest BCUT2D eigenvalue weighted by molar-refractivity contribution is -0.142. The second-order valence-electron chi connectivity index (χ2n) is 18.2. The highest BCUT2D eigenvalue weighted by atomic mass is 33.1. The van der Waals surface area contributed by atoms with Gasteiger partial charge in [-0.2, -0.15) is 0 Å². The second-order valence-corrected chi connectivity index (χ2v) is 21.2. The summed E-state index contributed by atoms with van der Waals surface area (Å²) >= 11 is 0. The number of nitrogens with one attached hydrogen (secondary N) is 7. The SMILES string of the molecule is CC[C@H](C)[C@@H]1NC(=O)[C@H](Cc2ccc(O)cc2)NC(=O)CC(C)(C)SSC[C@@H](C(=O)N2CCC[C@H]2C(=O)N[C@@H](CCCCN)C(=O)NCC(N)=O)NC(=O)[C@H](CC(N)=O)NC(=O)C(CCC(=O)O)NC1=O. The summed E-state index contributed by atoms with van der Waals surface area (Å²) in [5.41, 5.74) is 16.9. The van der Waals surface area contributed by atoms with Gasteiger partial charge in [0.15, 0.2) is 0 Å². The van der Waals surface area contributed by atoms with Gasteiger partial charge >= 0.3 is 5.97 Å². The molecule has 24 nitrogen and oxygen atoms in total. The predicted octanol–water partition coefficient (Wildman–Crippen LogP) is -2.09. The fraction of sp³-hybridized carbons (Fsp3) is 0.622. The number of hydrogen-bond donors (Lipinski definition) is 12. The second kappa shape index (κ2) is 28.6. The van der Waals surface area contributed by atoms with Gasteiger partial charge in [0.2, 0.25) is 59.1 Å². The topological polar surface area (TPSA) is 394 Å². The van der Waals surface area contributed by atoms with Gasteiger partial charge in [-0.25, -0.2) is 0 Å². The molecule has 2 saturated heterocycles. The molecule has 10 amide bonds. The summed E-state index contributed by atoms with van der Waals surface area (Å²) in [6.45, 7) is 6.72. The standard InChI is InChI=1S/C45H69N11O13S2/c1-5-24(2)37-43(68)52-28(15-16-36(61)62)39(64)53-30(20-33(47)58)40(65)54-31(23-70-71-45(3,4)21-35(60)50-29(41(66)55-37)19-25-11-13-26(57)14-12-25)44(69)56-18-8-10-32(56)42(67)51-27(9-6-7-17-46)38(63)49-22-34(48)59/h11-14,24,27-32,37,57H,5-10,15-23,46H2,1-4H3,(H2,47,58)(H2,48,59)(H,49,63)(H,50,60)(H,51,67)(H,52,68)(H,53,64)(H,54,65)(H,55,66)(H,61,62)/t24-,27-,28?,29-,30-,31-,32-,37-/m0/s1. The zero-order valence-corrected chi connectivity index (χ0v) is 42.0. The van der Waals surface area contributed by atoms with Gasteiger partial charge in [-0.3, -0.25) is 52.7 Å². The first-order valence-electron chi connectivity index (χ1n) is 23.4. The lowest BCUT2D eigenvalue weighted by Crippen LogP contribution is -2.61. The number of nitrogens with zero attached hydrogens (tertiary/aromatic N) is 1. The Labute approximate surface area is 419 Å². The van der Waals surface area contributed by atoms with Crippen LogP contribution in [0.4, 0.5) is 0 Å². The van der Waals surface area contributed by atoms with E-state index in [9.17, 15) is 63.0 Å². The molecule has 0 saturated carbocycles. The van der Waals surface area contributed by atoms with E-state index in [1.165, 1.54) is 17.0 Å². The monoisotopic (exact) mass is 1040 g/mol. The molecular weight excluding hydrogens is 967 g/mol. The van der Waals surface area contributed by atoms with Crippen LogP contribution in [0.25, 0.3) is 0 Å². The molecule has 2 fully saturated rings. The van der Waals surface area contributed by atoms with Crippen LogP contribution in [0.15, 0.2) is 24.3 Å². The van der Waals surface area contributed by atoms with E-state index in [2.05, 4.69) is 37.2 Å². The molecule has 1 aromatic rings. The Kier molecular flexibility index (Phi) is 23.9. The molecule has 0 aliphatic carbocycles. The van der Waals surface area contributed by atoms with Crippen molar-refractivity contribution in [1.29, 1.82) is 0 Å². The Hall–Kier alpha value is -6.15. The minimum Gasteiger partial charge on any atom is -0.508 e. The molecule has 0 spiro atoms. The Bertz CT molecular complexity index is 2100. The van der Waals surface area contributed by atoms with Gasteiger partial charge in [-0.15, -0.1) is 0 Å². The summed E-state index contributed by atoms with van der Waals surface area (Å²) in [6.07, 6.45) is -0.293. The molecule has 8 atom stereocenters. The molecule has 0 aromatic heterocycles. The third kappa shape index (κ3) is 19.9. The first kappa shape index (κ1) is 59.2. The summed E-state index contributed by atoms with van der Waals surface area (Å²) in [7, 11) is 2.24. The van der Waals surface area contributed by atoms with Crippen LogP contribution < -0.4 is 54.4 Å². The van der Waals surface area contributed by atoms with Crippen molar-refractivity contribution in [2.45, 2.75) is 145 Å². The Morgan fingerprint density at radius 1 is 0.873 bits per heavy atom. The van der Waals surface area contributed by atoms with E-state index in [-0.39, 0.29) is 43.7 Å². The van der Waals surface area contributed by atoms with Crippen LogP contribution in [0, 0.1) is 5.92 Å². The number of carboxylic acids is 1. The number of phenolic OH excluding ortho intramolecular Hbond substituents is 1. The van der Waals surface area contributed by atoms with Gasteiger partial charge in [0.1, 0.15) is 48.0 Å². The molecule has 1 unspecified atom stereocenters. The minimum atomic E-state index is -1.78. The summed E-state index contributed by atoms with van der Waals surface area (Å²) in [4.78, 5) is 149. The number of hydrogen-bond acceptors (Lipinski definition) is 15. The number of phenols is 1. The zero-order chi connectivity index (χ0) is 53.0. The van der Waals surface area contributed by atoms with E-state index in [4.69, 9.17) is 17.2 Å². The van der Waals surface area contributed by atoms with Crippen molar-refractivity contribution in [3.8, 4) is 5.75 Å². The van der Waals surface area contributed by atoms with Crippen LogP contribution in [0.1, 0.15) is 97.5 Å². The molecule has 2 aliphatic rings. The molecule has 0 bridgehead atoms. The lowest BCUT2D eigenvalue weighted by atomic mass is 9.96. The number of carboxylic acid groups (broad SMARTS) is 1. The van der Waals surface area contributed by atoms with Crippen molar-refractivity contribution in [2.75, 3.05) is 25.4 Å². The van der Waals surface area contributed by atoms with Crippen molar-refractivity contribution in [3.63, 3.8) is 0 Å². The lowest BCUT2D eigenvalue weighted by Gasteiger charge is -2.32. The Morgan fingerprint density at radius 2 is 1.52 bits per heavy atom. The average molecular weight is 1040 g/mol. The van der Waals surface area contributed by atoms with E-state index in [0.29, 0.717) is 37.8 Å². The van der Waals surface area contributed by atoms with E-state index >= 15 is 0 Å². The maximum atomic E-state index is 14.6. The smallest absolute Gasteiger partial charge is 0.303 e. The van der Waals surface area contributed by atoms with Crippen molar-refractivity contribution in [2.24, 2.45) is 23.1 Å². The molecule has 2 heterocycles. The Morgan fingerprint density at radius 3 is 2.14 bits per heavy atom.